The van der Waals surface area contributed by atoms with E-state index in [1.807, 2.05) is 11.8 Å². The first-order valence-corrected chi connectivity index (χ1v) is 14.6. The van der Waals surface area contributed by atoms with Crippen LogP contribution in [0.15, 0.2) is 40.9 Å². The highest BCUT2D eigenvalue weighted by molar-refractivity contribution is 7.99. The van der Waals surface area contributed by atoms with Crippen LogP contribution in [0.5, 0.6) is 0 Å². The van der Waals surface area contributed by atoms with Crippen molar-refractivity contribution in [3.8, 4) is 6.07 Å². The van der Waals surface area contributed by atoms with Gasteiger partial charge in [0.25, 0.3) is 0 Å². The molecule has 180 valence electrons. The normalized spacial score (nSPS) is 17.3. The number of aryl methyl sites for hydroxylation is 1. The van der Waals surface area contributed by atoms with Crippen molar-refractivity contribution in [3.63, 3.8) is 0 Å². The molecule has 2 aromatic heterocycles. The highest BCUT2D eigenvalue weighted by atomic mass is 32.2. The lowest BCUT2D eigenvalue weighted by atomic mass is 9.92. The lowest BCUT2D eigenvalue weighted by Gasteiger charge is -2.36. The Morgan fingerprint density at radius 2 is 2.06 bits per heavy atom. The minimum Gasteiger partial charge on any atom is -0.324 e. The number of nitrogens with one attached hydrogen (secondary N) is 2. The van der Waals surface area contributed by atoms with Crippen molar-refractivity contribution in [2.45, 2.75) is 18.2 Å². The SMILES string of the molecule is CN1Cc2cc(Nc3ncc(C#N)c(Nc4cccc(N=S(C)(C)=O)n4)n3)cc3c2C(C1)SCC3. The molecule has 0 fully saturated rings. The Morgan fingerprint density at radius 3 is 2.86 bits per heavy atom. The highest BCUT2D eigenvalue weighted by Gasteiger charge is 2.29. The molecule has 9 nitrogen and oxygen atoms in total. The molecule has 0 saturated carbocycles. The highest BCUT2D eigenvalue weighted by Crippen LogP contribution is 2.43. The van der Waals surface area contributed by atoms with Crippen LogP contribution in [0.3, 0.4) is 0 Å². The molecule has 2 aliphatic heterocycles. The van der Waals surface area contributed by atoms with E-state index in [1.54, 1.807) is 30.7 Å². The maximum Gasteiger partial charge on any atom is 0.229 e. The third kappa shape index (κ3) is 5.40. The van der Waals surface area contributed by atoms with Crippen LogP contribution in [0.4, 0.5) is 29.1 Å². The average Bonchev–Trinajstić information content (AvgIpc) is 2.78. The van der Waals surface area contributed by atoms with Crippen LogP contribution in [-0.2, 0) is 22.7 Å². The van der Waals surface area contributed by atoms with Crippen molar-refractivity contribution in [2.24, 2.45) is 4.36 Å². The van der Waals surface area contributed by atoms with Crippen molar-refractivity contribution in [1.82, 2.24) is 19.9 Å². The van der Waals surface area contributed by atoms with E-state index >= 15 is 0 Å². The second kappa shape index (κ2) is 9.45. The second-order valence-corrected chi connectivity index (χ2v) is 12.8. The van der Waals surface area contributed by atoms with E-state index in [-0.39, 0.29) is 5.56 Å². The van der Waals surface area contributed by atoms with Crippen LogP contribution < -0.4 is 10.6 Å². The summed E-state index contributed by atoms with van der Waals surface area (Å²) in [5, 5.41) is 16.5. The van der Waals surface area contributed by atoms with Crippen LogP contribution in [0.25, 0.3) is 0 Å². The molecule has 1 unspecified atom stereocenters. The smallest absolute Gasteiger partial charge is 0.229 e. The summed E-state index contributed by atoms with van der Waals surface area (Å²) < 4.78 is 16.2. The second-order valence-electron chi connectivity index (χ2n) is 8.99. The van der Waals surface area contributed by atoms with E-state index in [4.69, 9.17) is 0 Å². The zero-order valence-electron chi connectivity index (χ0n) is 19.8. The summed E-state index contributed by atoms with van der Waals surface area (Å²) in [6.45, 7) is 2.01. The molecule has 2 N–H and O–H groups in total. The van der Waals surface area contributed by atoms with Crippen molar-refractivity contribution in [3.05, 3.63) is 58.8 Å². The first-order chi connectivity index (χ1) is 16.8. The molecule has 11 heteroatoms. The maximum atomic E-state index is 12.0. The van der Waals surface area contributed by atoms with E-state index in [0.717, 1.165) is 31.0 Å². The summed E-state index contributed by atoms with van der Waals surface area (Å²) in [6, 6.07) is 11.7. The Balaban J connectivity index is 1.44. The average molecular weight is 507 g/mol. The Bertz CT molecular complexity index is 1450. The van der Waals surface area contributed by atoms with Crippen molar-refractivity contribution >= 4 is 50.6 Å². The number of anilines is 4. The molecule has 0 spiro atoms. The number of nitriles is 1. The summed E-state index contributed by atoms with van der Waals surface area (Å²) >= 11 is 2.04. The summed E-state index contributed by atoms with van der Waals surface area (Å²) in [6.07, 6.45) is 5.64. The summed E-state index contributed by atoms with van der Waals surface area (Å²) in [5.41, 5.74) is 5.46. The summed E-state index contributed by atoms with van der Waals surface area (Å²) in [7, 11) is -0.182. The van der Waals surface area contributed by atoms with Gasteiger partial charge in [0.15, 0.2) is 11.6 Å². The predicted molar refractivity (Wildman–Crippen MR) is 141 cm³/mol. The molecule has 1 aromatic carbocycles. The molecular formula is C24H26N8OS2. The number of thioether (sulfide) groups is 1. The number of rotatable bonds is 5. The first kappa shape index (κ1) is 23.5. The van der Waals surface area contributed by atoms with E-state index in [9.17, 15) is 9.47 Å². The fourth-order valence-corrected chi connectivity index (χ4v) is 6.42. The number of pyridine rings is 1. The van der Waals surface area contributed by atoms with Gasteiger partial charge in [0, 0.05) is 46.3 Å². The Morgan fingerprint density at radius 1 is 1.23 bits per heavy atom. The third-order valence-electron chi connectivity index (χ3n) is 5.74. The molecule has 0 radical (unpaired) electrons. The predicted octanol–water partition coefficient (Wildman–Crippen LogP) is 4.37. The van der Waals surface area contributed by atoms with Crippen LogP contribution in [0, 0.1) is 11.3 Å². The molecule has 0 amide bonds. The number of hydrogen-bond acceptors (Lipinski definition) is 10. The molecule has 2 aliphatic rings. The van der Waals surface area contributed by atoms with Gasteiger partial charge in [0.05, 0.1) is 6.20 Å². The summed E-state index contributed by atoms with van der Waals surface area (Å²) in [4.78, 5) is 15.6. The summed E-state index contributed by atoms with van der Waals surface area (Å²) in [5.74, 6) is 2.63. The minimum atomic E-state index is -2.34. The third-order valence-corrected chi connectivity index (χ3v) is 7.59. The van der Waals surface area contributed by atoms with Gasteiger partial charge in [-0.15, -0.1) is 0 Å². The van der Waals surface area contributed by atoms with E-state index in [0.29, 0.717) is 28.7 Å². The minimum absolute atomic E-state index is 0.288. The Hall–Kier alpha value is -3.20. The Kier molecular flexibility index (Phi) is 6.35. The number of hydrogen-bond donors (Lipinski definition) is 2. The van der Waals surface area contributed by atoms with E-state index in [1.165, 1.54) is 22.9 Å². The van der Waals surface area contributed by atoms with Crippen molar-refractivity contribution < 1.29 is 4.21 Å². The van der Waals surface area contributed by atoms with Crippen molar-refractivity contribution in [2.75, 3.05) is 42.5 Å². The van der Waals surface area contributed by atoms with Gasteiger partial charge in [-0.3, -0.25) is 0 Å². The van der Waals surface area contributed by atoms with Crippen LogP contribution in [0.1, 0.15) is 27.5 Å². The fourth-order valence-electron chi connectivity index (χ4n) is 4.42. The van der Waals surface area contributed by atoms with Gasteiger partial charge >= 0.3 is 0 Å². The monoisotopic (exact) mass is 506 g/mol. The van der Waals surface area contributed by atoms with E-state index < -0.39 is 9.73 Å². The van der Waals surface area contributed by atoms with Gasteiger partial charge in [-0.1, -0.05) is 6.07 Å². The zero-order valence-corrected chi connectivity index (χ0v) is 21.4. The molecule has 1 atom stereocenters. The topological polar surface area (TPSA) is 119 Å². The Labute approximate surface area is 209 Å². The van der Waals surface area contributed by atoms with Gasteiger partial charge in [-0.05, 0) is 60.2 Å². The van der Waals surface area contributed by atoms with Crippen molar-refractivity contribution in [1.29, 1.82) is 5.26 Å². The molecule has 4 heterocycles. The number of aromatic nitrogens is 3. The van der Waals surface area contributed by atoms with Gasteiger partial charge in [-0.2, -0.15) is 26.4 Å². The zero-order chi connectivity index (χ0) is 24.6. The van der Waals surface area contributed by atoms with Gasteiger partial charge in [-0.25, -0.2) is 14.2 Å². The quantitative estimate of drug-likeness (QED) is 0.520. The number of likely N-dealkylation sites (N-methyl/N-ethyl adjacent to an activating group) is 1. The molecule has 0 aliphatic carbocycles. The van der Waals surface area contributed by atoms with Crippen LogP contribution in [-0.4, -0.2) is 55.9 Å². The standard InChI is InChI=1S/C24H26N8OS2/c1-32-13-16-10-18(9-15-7-8-34-19(14-32)22(15)16)27-24-26-12-17(11-25)23(30-24)29-20-5-4-6-21(28-20)31-35(2,3)33/h4-6,9-10,12,19H,7-8,13-14H2,1-3H3,(H2,26,27,28,29,30). The van der Waals surface area contributed by atoms with Gasteiger partial charge in [0.1, 0.15) is 17.5 Å². The lowest BCUT2D eigenvalue weighted by Crippen LogP contribution is -2.31. The molecule has 0 bridgehead atoms. The molecule has 5 rings (SSSR count). The molecule has 35 heavy (non-hydrogen) atoms. The fraction of sp³-hybridized carbons (Fsp3) is 0.333. The van der Waals surface area contributed by atoms with E-state index in [2.05, 4.69) is 60.1 Å². The maximum absolute atomic E-state index is 12.0. The number of nitrogens with zero attached hydrogens (tertiary/aromatic N) is 6. The largest absolute Gasteiger partial charge is 0.324 e. The molecule has 3 aromatic rings. The molecular weight excluding hydrogens is 480 g/mol. The van der Waals surface area contributed by atoms with Crippen LogP contribution in [0.2, 0.25) is 0 Å². The first-order valence-electron chi connectivity index (χ1n) is 11.2. The van der Waals surface area contributed by atoms with Crippen LogP contribution >= 0.6 is 11.8 Å². The van der Waals surface area contributed by atoms with Gasteiger partial charge in [0.2, 0.25) is 5.95 Å². The number of benzene rings is 1. The lowest BCUT2D eigenvalue weighted by molar-refractivity contribution is 0.308. The molecule has 0 saturated heterocycles. The van der Waals surface area contributed by atoms with Gasteiger partial charge < -0.3 is 15.5 Å².